The lowest BCUT2D eigenvalue weighted by molar-refractivity contribution is 0.0730. The summed E-state index contributed by atoms with van der Waals surface area (Å²) in [5.41, 5.74) is 0.920. The van der Waals surface area contributed by atoms with Crippen molar-refractivity contribution in [2.24, 2.45) is 0 Å². The monoisotopic (exact) mass is 448 g/mol. The van der Waals surface area contributed by atoms with Gasteiger partial charge < -0.3 is 4.74 Å². The molecule has 11 heteroatoms. The molecule has 0 amide bonds. The third-order valence-electron chi connectivity index (χ3n) is 4.64. The lowest BCUT2D eigenvalue weighted by atomic mass is 10.3. The molecule has 1 saturated heterocycles. The molecule has 0 atom stereocenters. The van der Waals surface area contributed by atoms with Gasteiger partial charge in [0.05, 0.1) is 34.4 Å². The predicted octanol–water partition coefficient (Wildman–Crippen LogP) is 1.69. The molecule has 30 heavy (non-hydrogen) atoms. The van der Waals surface area contributed by atoms with E-state index in [1.807, 2.05) is 0 Å². The Balaban J connectivity index is 1.59. The second-order valence-corrected chi connectivity index (χ2v) is 10.2. The first kappa shape index (κ1) is 20.5. The van der Waals surface area contributed by atoms with Crippen molar-refractivity contribution in [1.82, 2.24) is 14.1 Å². The first-order chi connectivity index (χ1) is 14.4. The van der Waals surface area contributed by atoms with Gasteiger partial charge in [-0.3, -0.25) is 4.72 Å². The van der Waals surface area contributed by atoms with Gasteiger partial charge in [0.1, 0.15) is 0 Å². The Morgan fingerprint density at radius 3 is 2.20 bits per heavy atom. The smallest absolute Gasteiger partial charge is 0.261 e. The lowest BCUT2D eigenvalue weighted by Gasteiger charge is -2.26. The molecule has 2 heterocycles. The summed E-state index contributed by atoms with van der Waals surface area (Å²) in [6.45, 7) is 1.22. The van der Waals surface area contributed by atoms with Crippen LogP contribution in [0.2, 0.25) is 0 Å². The predicted molar refractivity (Wildman–Crippen MR) is 110 cm³/mol. The van der Waals surface area contributed by atoms with Crippen LogP contribution >= 0.6 is 0 Å². The average molecular weight is 449 g/mol. The summed E-state index contributed by atoms with van der Waals surface area (Å²) >= 11 is 0. The zero-order valence-electron chi connectivity index (χ0n) is 15.9. The van der Waals surface area contributed by atoms with Crippen LogP contribution in [0.25, 0.3) is 5.69 Å². The van der Waals surface area contributed by atoms with E-state index in [2.05, 4.69) is 9.82 Å². The minimum absolute atomic E-state index is 0.0419. The third-order valence-corrected chi connectivity index (χ3v) is 7.94. The van der Waals surface area contributed by atoms with Gasteiger partial charge in [-0.1, -0.05) is 12.1 Å². The van der Waals surface area contributed by atoms with E-state index in [1.165, 1.54) is 28.6 Å². The minimum Gasteiger partial charge on any atom is -0.379 e. The van der Waals surface area contributed by atoms with Crippen molar-refractivity contribution in [3.63, 3.8) is 0 Å². The van der Waals surface area contributed by atoms with Gasteiger partial charge in [-0.15, -0.1) is 0 Å². The van der Waals surface area contributed by atoms with Gasteiger partial charge in [-0.2, -0.15) is 9.40 Å². The molecule has 0 saturated carbocycles. The molecule has 2 aromatic carbocycles. The SMILES string of the molecule is O=S(=O)(Nc1ccccc1-n1cccn1)c1ccc(S(=O)(=O)N2CCOCC2)cc1. The molecule has 1 aliphatic rings. The summed E-state index contributed by atoms with van der Waals surface area (Å²) in [5.74, 6) is 0. The molecule has 4 rings (SSSR count). The van der Waals surface area contributed by atoms with E-state index in [4.69, 9.17) is 4.74 Å². The van der Waals surface area contributed by atoms with Crippen molar-refractivity contribution >= 4 is 25.7 Å². The first-order valence-electron chi connectivity index (χ1n) is 9.18. The number of benzene rings is 2. The highest BCUT2D eigenvalue weighted by Gasteiger charge is 2.27. The molecular formula is C19H20N4O5S2. The average Bonchev–Trinajstić information content (AvgIpc) is 3.29. The molecule has 3 aromatic rings. The van der Waals surface area contributed by atoms with Crippen molar-refractivity contribution in [3.05, 3.63) is 67.0 Å². The molecule has 158 valence electrons. The Kier molecular flexibility index (Phi) is 5.60. The second kappa shape index (κ2) is 8.19. The van der Waals surface area contributed by atoms with Gasteiger partial charge in [-0.05, 0) is 42.5 Å². The Labute approximate surface area is 175 Å². The summed E-state index contributed by atoms with van der Waals surface area (Å²) in [6, 6.07) is 13.8. The van der Waals surface area contributed by atoms with E-state index in [-0.39, 0.29) is 22.9 Å². The summed E-state index contributed by atoms with van der Waals surface area (Å²) in [7, 11) is -7.63. The quantitative estimate of drug-likeness (QED) is 0.614. The number of ether oxygens (including phenoxy) is 1. The third kappa shape index (κ3) is 4.10. The lowest BCUT2D eigenvalue weighted by Crippen LogP contribution is -2.40. The molecule has 0 spiro atoms. The van der Waals surface area contributed by atoms with Crippen molar-refractivity contribution < 1.29 is 21.6 Å². The topological polar surface area (TPSA) is 111 Å². The highest BCUT2D eigenvalue weighted by atomic mass is 32.2. The van der Waals surface area contributed by atoms with E-state index in [9.17, 15) is 16.8 Å². The van der Waals surface area contributed by atoms with Crippen LogP contribution in [0.5, 0.6) is 0 Å². The molecule has 1 fully saturated rings. The molecule has 1 aliphatic heterocycles. The molecule has 1 aromatic heterocycles. The van der Waals surface area contributed by atoms with Crippen LogP contribution in [-0.4, -0.2) is 57.2 Å². The van der Waals surface area contributed by atoms with E-state index >= 15 is 0 Å². The van der Waals surface area contributed by atoms with Gasteiger partial charge in [0.15, 0.2) is 0 Å². The van der Waals surface area contributed by atoms with Crippen molar-refractivity contribution in [2.75, 3.05) is 31.0 Å². The number of hydrogen-bond donors (Lipinski definition) is 1. The van der Waals surface area contributed by atoms with Crippen LogP contribution < -0.4 is 4.72 Å². The molecule has 1 N–H and O–H groups in total. The zero-order chi connectivity index (χ0) is 21.2. The first-order valence-corrected chi connectivity index (χ1v) is 12.1. The van der Waals surface area contributed by atoms with E-state index in [0.29, 0.717) is 24.6 Å². The van der Waals surface area contributed by atoms with Crippen LogP contribution in [0.4, 0.5) is 5.69 Å². The molecular weight excluding hydrogens is 428 g/mol. The van der Waals surface area contributed by atoms with Gasteiger partial charge in [-0.25, -0.2) is 21.5 Å². The molecule has 0 radical (unpaired) electrons. The van der Waals surface area contributed by atoms with Crippen molar-refractivity contribution in [3.8, 4) is 5.69 Å². The fourth-order valence-electron chi connectivity index (χ4n) is 3.10. The maximum absolute atomic E-state index is 12.9. The molecule has 0 aliphatic carbocycles. The van der Waals surface area contributed by atoms with Crippen LogP contribution in [0.1, 0.15) is 0 Å². The molecule has 0 bridgehead atoms. The Morgan fingerprint density at radius 1 is 0.867 bits per heavy atom. The van der Waals surface area contributed by atoms with Gasteiger partial charge in [0.2, 0.25) is 10.0 Å². The fraction of sp³-hybridized carbons (Fsp3) is 0.211. The highest BCUT2D eigenvalue weighted by molar-refractivity contribution is 7.92. The highest BCUT2D eigenvalue weighted by Crippen LogP contribution is 2.24. The van der Waals surface area contributed by atoms with E-state index < -0.39 is 20.0 Å². The fourth-order valence-corrected chi connectivity index (χ4v) is 5.58. The summed E-state index contributed by atoms with van der Waals surface area (Å²) < 4.78 is 61.8. The van der Waals surface area contributed by atoms with Crippen molar-refractivity contribution in [2.45, 2.75) is 9.79 Å². The largest absolute Gasteiger partial charge is 0.379 e. The van der Waals surface area contributed by atoms with Crippen LogP contribution in [0.3, 0.4) is 0 Å². The summed E-state index contributed by atoms with van der Waals surface area (Å²) in [4.78, 5) is -0.000938. The van der Waals surface area contributed by atoms with E-state index in [0.717, 1.165) is 0 Å². The Hall–Kier alpha value is -2.73. The summed E-state index contributed by atoms with van der Waals surface area (Å²) in [6.07, 6.45) is 3.30. The number of morpholine rings is 1. The summed E-state index contributed by atoms with van der Waals surface area (Å²) in [5, 5.41) is 4.13. The Bertz CT molecular complexity index is 1220. The zero-order valence-corrected chi connectivity index (χ0v) is 17.5. The number of anilines is 1. The molecule has 9 nitrogen and oxygen atoms in total. The standard InChI is InChI=1S/C19H20N4O5S2/c24-29(25,21-18-4-1-2-5-19(18)23-11-3-10-20-23)16-6-8-17(9-7-16)30(26,27)22-12-14-28-15-13-22/h1-11,21H,12-15H2. The normalized spacial score (nSPS) is 15.7. The van der Waals surface area contributed by atoms with Crippen LogP contribution in [-0.2, 0) is 24.8 Å². The maximum Gasteiger partial charge on any atom is 0.261 e. The van der Waals surface area contributed by atoms with Crippen molar-refractivity contribution in [1.29, 1.82) is 0 Å². The maximum atomic E-state index is 12.9. The van der Waals surface area contributed by atoms with Gasteiger partial charge in [0, 0.05) is 25.5 Å². The minimum atomic E-state index is -3.93. The number of rotatable bonds is 6. The number of aromatic nitrogens is 2. The van der Waals surface area contributed by atoms with Crippen LogP contribution in [0.15, 0.2) is 76.8 Å². The number of para-hydroxylation sites is 2. The number of nitrogens with one attached hydrogen (secondary N) is 1. The van der Waals surface area contributed by atoms with Gasteiger partial charge in [0.25, 0.3) is 10.0 Å². The number of hydrogen-bond acceptors (Lipinski definition) is 6. The van der Waals surface area contributed by atoms with E-state index in [1.54, 1.807) is 47.4 Å². The van der Waals surface area contributed by atoms with Crippen LogP contribution in [0, 0.1) is 0 Å². The molecule has 0 unspecified atom stereocenters. The number of nitrogens with zero attached hydrogens (tertiary/aromatic N) is 3. The Morgan fingerprint density at radius 2 is 1.53 bits per heavy atom. The second-order valence-electron chi connectivity index (χ2n) is 6.56. The van der Waals surface area contributed by atoms with Gasteiger partial charge >= 0.3 is 0 Å². The number of sulfonamides is 2.